The van der Waals surface area contributed by atoms with Crippen molar-refractivity contribution < 1.29 is 13.2 Å². The summed E-state index contributed by atoms with van der Waals surface area (Å²) in [5, 5.41) is 0. The maximum atomic E-state index is 12.4. The lowest BCUT2D eigenvalue weighted by Gasteiger charge is -2.41. The second kappa shape index (κ2) is 6.11. The van der Waals surface area contributed by atoms with Crippen LogP contribution < -0.4 is 4.72 Å². The van der Waals surface area contributed by atoms with Gasteiger partial charge in [0, 0.05) is 24.1 Å². The maximum Gasteiger partial charge on any atom is 0.238 e. The molecule has 7 heteroatoms. The summed E-state index contributed by atoms with van der Waals surface area (Å²) in [4.78, 5) is 19.5. The fourth-order valence-corrected chi connectivity index (χ4v) is 4.40. The Morgan fingerprint density at radius 3 is 2.16 bits per heavy atom. The monoisotopic (exact) mass is 369 g/mol. The summed E-state index contributed by atoms with van der Waals surface area (Å²) < 4.78 is 25.0. The van der Waals surface area contributed by atoms with Crippen LogP contribution in [0.2, 0.25) is 0 Å². The van der Waals surface area contributed by atoms with Gasteiger partial charge < -0.3 is 4.90 Å². The standard InChI is InChI=1S/C18H31N3O3S/c1-11-14(17(2,3)4)13-9-12(15(22)20-25(8,23)24)10-21(13)16(19-11)18(5,6)7/h11-12H,9-10H2,1-8H3,(H,20,22)/t11-,12+/m0/s1. The molecule has 142 valence electrons. The molecule has 0 aromatic rings. The quantitative estimate of drug-likeness (QED) is 0.811. The molecular formula is C18H31N3O3S. The molecule has 0 unspecified atom stereocenters. The van der Waals surface area contributed by atoms with E-state index in [0.29, 0.717) is 13.0 Å². The summed E-state index contributed by atoms with van der Waals surface area (Å²) in [5.41, 5.74) is 2.15. The fraction of sp³-hybridized carbons (Fsp3) is 0.778. The molecule has 2 heterocycles. The van der Waals surface area contributed by atoms with E-state index in [1.807, 2.05) is 0 Å². The first-order valence-electron chi connectivity index (χ1n) is 8.72. The Morgan fingerprint density at radius 2 is 1.72 bits per heavy atom. The molecule has 0 aliphatic carbocycles. The van der Waals surface area contributed by atoms with Crippen molar-refractivity contribution in [3.8, 4) is 0 Å². The zero-order valence-corrected chi connectivity index (χ0v) is 17.4. The number of rotatable bonds is 2. The number of carbonyl (C=O) groups is 1. The number of hydrogen-bond acceptors (Lipinski definition) is 5. The van der Waals surface area contributed by atoms with Gasteiger partial charge in [0.1, 0.15) is 5.84 Å². The molecule has 0 spiro atoms. The molecule has 2 aliphatic heterocycles. The second-order valence-electron chi connectivity index (χ2n) is 9.24. The first-order chi connectivity index (χ1) is 11.1. The summed E-state index contributed by atoms with van der Waals surface area (Å²) >= 11 is 0. The van der Waals surface area contributed by atoms with Crippen molar-refractivity contribution in [3.05, 3.63) is 11.3 Å². The Hall–Kier alpha value is -1.37. The predicted molar refractivity (Wildman–Crippen MR) is 101 cm³/mol. The highest BCUT2D eigenvalue weighted by atomic mass is 32.2. The SMILES string of the molecule is C[C@@H]1N=C(C(C)(C)C)N2C[C@H](C(=O)NS(C)(=O)=O)CC2=C1C(C)(C)C. The van der Waals surface area contributed by atoms with Gasteiger partial charge in [-0.2, -0.15) is 0 Å². The molecule has 1 saturated heterocycles. The van der Waals surface area contributed by atoms with Crippen molar-refractivity contribution in [2.24, 2.45) is 21.7 Å². The molecule has 1 amide bonds. The summed E-state index contributed by atoms with van der Waals surface area (Å²) in [7, 11) is -3.55. The van der Waals surface area contributed by atoms with E-state index in [1.165, 1.54) is 5.57 Å². The van der Waals surface area contributed by atoms with E-state index in [2.05, 4.69) is 58.1 Å². The number of aliphatic imine (C=N–C) groups is 1. The topological polar surface area (TPSA) is 78.8 Å². The highest BCUT2D eigenvalue weighted by molar-refractivity contribution is 7.89. The molecule has 2 aliphatic rings. The summed E-state index contributed by atoms with van der Waals surface area (Å²) in [6, 6.07) is 0.0530. The summed E-state index contributed by atoms with van der Waals surface area (Å²) in [6.07, 6.45) is 1.56. The van der Waals surface area contributed by atoms with Crippen LogP contribution in [-0.2, 0) is 14.8 Å². The zero-order chi connectivity index (χ0) is 19.4. The van der Waals surface area contributed by atoms with E-state index in [-0.39, 0.29) is 22.8 Å². The highest BCUT2D eigenvalue weighted by Gasteiger charge is 2.44. The molecular weight excluding hydrogens is 338 g/mol. The number of fused-ring (bicyclic) bond motifs is 1. The van der Waals surface area contributed by atoms with Gasteiger partial charge in [-0.15, -0.1) is 0 Å². The Morgan fingerprint density at radius 1 is 1.16 bits per heavy atom. The summed E-state index contributed by atoms with van der Waals surface area (Å²) in [6.45, 7) is 15.4. The molecule has 2 rings (SSSR count). The minimum atomic E-state index is -3.55. The number of nitrogens with one attached hydrogen (secondary N) is 1. The smallest absolute Gasteiger partial charge is 0.238 e. The van der Waals surface area contributed by atoms with Gasteiger partial charge in [-0.1, -0.05) is 41.5 Å². The van der Waals surface area contributed by atoms with E-state index in [0.717, 1.165) is 17.8 Å². The van der Waals surface area contributed by atoms with E-state index in [4.69, 9.17) is 4.99 Å². The lowest BCUT2D eigenvalue weighted by atomic mass is 9.79. The van der Waals surface area contributed by atoms with Crippen LogP contribution in [0.1, 0.15) is 54.9 Å². The van der Waals surface area contributed by atoms with Crippen molar-refractivity contribution in [1.82, 2.24) is 9.62 Å². The van der Waals surface area contributed by atoms with Crippen LogP contribution in [0.25, 0.3) is 0 Å². The molecule has 0 radical (unpaired) electrons. The Balaban J connectivity index is 2.46. The number of amidine groups is 1. The van der Waals surface area contributed by atoms with Crippen molar-refractivity contribution in [2.45, 2.75) is 60.9 Å². The summed E-state index contributed by atoms with van der Waals surface area (Å²) in [5.74, 6) is 0.149. The van der Waals surface area contributed by atoms with E-state index < -0.39 is 15.9 Å². The van der Waals surface area contributed by atoms with Crippen molar-refractivity contribution in [3.63, 3.8) is 0 Å². The first-order valence-corrected chi connectivity index (χ1v) is 10.6. The van der Waals surface area contributed by atoms with E-state index >= 15 is 0 Å². The van der Waals surface area contributed by atoms with Gasteiger partial charge >= 0.3 is 0 Å². The zero-order valence-electron chi connectivity index (χ0n) is 16.6. The van der Waals surface area contributed by atoms with Gasteiger partial charge in [-0.3, -0.25) is 14.5 Å². The van der Waals surface area contributed by atoms with E-state index in [1.54, 1.807) is 0 Å². The van der Waals surface area contributed by atoms with Gasteiger partial charge in [0.05, 0.1) is 18.2 Å². The predicted octanol–water partition coefficient (Wildman–Crippen LogP) is 2.53. The largest absolute Gasteiger partial charge is 0.333 e. The molecule has 0 aromatic carbocycles. The Bertz CT molecular complexity index is 737. The Labute approximate surface area is 151 Å². The van der Waals surface area contributed by atoms with Crippen LogP contribution in [0.4, 0.5) is 0 Å². The van der Waals surface area contributed by atoms with Gasteiger partial charge in [0.25, 0.3) is 0 Å². The lowest BCUT2D eigenvalue weighted by molar-refractivity contribution is -0.122. The number of hydrogen-bond donors (Lipinski definition) is 1. The molecule has 0 aromatic heterocycles. The molecule has 6 nitrogen and oxygen atoms in total. The third kappa shape index (κ3) is 4.25. The highest BCUT2D eigenvalue weighted by Crippen LogP contribution is 2.44. The molecule has 25 heavy (non-hydrogen) atoms. The number of amides is 1. The van der Waals surface area contributed by atoms with Crippen molar-refractivity contribution in [1.29, 1.82) is 0 Å². The third-order valence-electron chi connectivity index (χ3n) is 4.60. The van der Waals surface area contributed by atoms with Gasteiger partial charge in [-0.25, -0.2) is 8.42 Å². The molecule has 0 saturated carbocycles. The van der Waals surface area contributed by atoms with Crippen molar-refractivity contribution >= 4 is 21.8 Å². The minimum absolute atomic E-state index is 0.0530. The average molecular weight is 370 g/mol. The van der Waals surface area contributed by atoms with Crippen LogP contribution >= 0.6 is 0 Å². The fourth-order valence-electron chi connectivity index (χ4n) is 3.87. The van der Waals surface area contributed by atoms with Gasteiger partial charge in [0.15, 0.2) is 0 Å². The molecule has 1 N–H and O–H groups in total. The van der Waals surface area contributed by atoms with Gasteiger partial charge in [-0.05, 0) is 17.9 Å². The lowest BCUT2D eigenvalue weighted by Crippen LogP contribution is -2.44. The average Bonchev–Trinajstić information content (AvgIpc) is 2.76. The molecule has 1 fully saturated rings. The molecule has 2 atom stereocenters. The van der Waals surface area contributed by atoms with Gasteiger partial charge in [0.2, 0.25) is 15.9 Å². The van der Waals surface area contributed by atoms with Crippen molar-refractivity contribution in [2.75, 3.05) is 12.8 Å². The third-order valence-corrected chi connectivity index (χ3v) is 5.18. The van der Waals surface area contributed by atoms with E-state index in [9.17, 15) is 13.2 Å². The van der Waals surface area contributed by atoms with Crippen LogP contribution in [-0.4, -0.2) is 43.9 Å². The maximum absolute atomic E-state index is 12.4. The van der Waals surface area contributed by atoms with Crippen LogP contribution in [0.15, 0.2) is 16.3 Å². The first kappa shape index (κ1) is 19.9. The Kier molecular flexibility index (Phi) is 4.87. The normalized spacial score (nSPS) is 25.0. The number of sulfonamides is 1. The minimum Gasteiger partial charge on any atom is -0.333 e. The number of allylic oxidation sites excluding steroid dienone is 1. The van der Waals surface area contributed by atoms with Crippen LogP contribution in [0, 0.1) is 16.7 Å². The number of nitrogens with zero attached hydrogens (tertiary/aromatic N) is 2. The molecule has 0 bridgehead atoms. The van der Waals surface area contributed by atoms with Crippen LogP contribution in [0.3, 0.4) is 0 Å². The second-order valence-corrected chi connectivity index (χ2v) is 11.0. The van der Waals surface area contributed by atoms with Crippen LogP contribution in [0.5, 0.6) is 0 Å². The number of carbonyl (C=O) groups excluding carboxylic acids is 1.